The number of furan rings is 1. The second kappa shape index (κ2) is 4.97. The van der Waals surface area contributed by atoms with Crippen molar-refractivity contribution in [2.24, 2.45) is 0 Å². The van der Waals surface area contributed by atoms with Crippen LogP contribution in [-0.2, 0) is 13.2 Å². The first-order chi connectivity index (χ1) is 8.19. The summed E-state index contributed by atoms with van der Waals surface area (Å²) in [6, 6.07) is 6.93. The molecule has 0 spiro atoms. The molecule has 1 heterocycles. The lowest BCUT2D eigenvalue weighted by atomic mass is 10.3. The molecular weight excluding hydrogens is 228 g/mol. The molecule has 0 saturated carbocycles. The van der Waals surface area contributed by atoms with E-state index >= 15 is 0 Å². The summed E-state index contributed by atoms with van der Waals surface area (Å²) in [5.41, 5.74) is 0.464. The van der Waals surface area contributed by atoms with Gasteiger partial charge in [0.1, 0.15) is 18.1 Å². The van der Waals surface area contributed by atoms with E-state index in [1.807, 2.05) is 0 Å². The molecule has 5 heteroatoms. The number of rotatable bonds is 4. The Bertz CT molecular complexity index is 511. The maximum absolute atomic E-state index is 12.9. The van der Waals surface area contributed by atoms with E-state index in [0.29, 0.717) is 23.8 Å². The Morgan fingerprint density at radius 3 is 2.47 bits per heavy atom. The van der Waals surface area contributed by atoms with Gasteiger partial charge in [-0.1, -0.05) is 0 Å². The van der Waals surface area contributed by atoms with Crippen LogP contribution >= 0.6 is 0 Å². The van der Waals surface area contributed by atoms with Gasteiger partial charge in [-0.05, 0) is 24.3 Å². The lowest BCUT2D eigenvalue weighted by Crippen LogP contribution is -1.99. The molecule has 0 atom stereocenters. The van der Waals surface area contributed by atoms with Gasteiger partial charge in [-0.3, -0.25) is 0 Å². The first-order valence-corrected chi connectivity index (χ1v) is 5.06. The number of aliphatic hydroxyl groups excluding tert-OH is 1. The smallest absolute Gasteiger partial charge is 0.160 e. The van der Waals surface area contributed by atoms with Crippen LogP contribution in [0.1, 0.15) is 11.5 Å². The summed E-state index contributed by atoms with van der Waals surface area (Å²) in [4.78, 5) is 0. The average molecular weight is 239 g/mol. The molecule has 0 amide bonds. The van der Waals surface area contributed by atoms with Crippen molar-refractivity contribution in [2.45, 2.75) is 13.2 Å². The van der Waals surface area contributed by atoms with Crippen molar-refractivity contribution in [1.82, 2.24) is 0 Å². The quantitative estimate of drug-likeness (QED) is 0.862. The minimum atomic E-state index is -0.898. The summed E-state index contributed by atoms with van der Waals surface area (Å²) in [5, 5.41) is 11.7. The molecule has 0 aliphatic rings. The molecule has 0 fully saturated rings. The Kier molecular flexibility index (Phi) is 3.39. The number of halogens is 2. The third-order valence-corrected chi connectivity index (χ3v) is 2.26. The van der Waals surface area contributed by atoms with Gasteiger partial charge >= 0.3 is 0 Å². The largest absolute Gasteiger partial charge is 0.462 e. The van der Waals surface area contributed by atoms with Crippen molar-refractivity contribution < 1.29 is 18.3 Å². The highest BCUT2D eigenvalue weighted by atomic mass is 19.2. The fraction of sp³-hybridized carbons (Fsp3) is 0.167. The van der Waals surface area contributed by atoms with Gasteiger partial charge in [0.05, 0.1) is 6.54 Å². The summed E-state index contributed by atoms with van der Waals surface area (Å²) in [6.45, 7) is 0.177. The van der Waals surface area contributed by atoms with Crippen molar-refractivity contribution in [3.63, 3.8) is 0 Å². The Hall–Kier alpha value is -1.88. The number of nitrogens with one attached hydrogen (secondary N) is 1. The maximum atomic E-state index is 12.9. The van der Waals surface area contributed by atoms with E-state index in [2.05, 4.69) is 5.32 Å². The highest BCUT2D eigenvalue weighted by Crippen LogP contribution is 2.15. The van der Waals surface area contributed by atoms with Crippen LogP contribution in [0.25, 0.3) is 0 Å². The van der Waals surface area contributed by atoms with E-state index in [4.69, 9.17) is 9.52 Å². The van der Waals surface area contributed by atoms with Crippen LogP contribution in [0.2, 0.25) is 0 Å². The normalized spacial score (nSPS) is 10.5. The number of hydrogen-bond donors (Lipinski definition) is 2. The lowest BCUT2D eigenvalue weighted by molar-refractivity contribution is 0.244. The van der Waals surface area contributed by atoms with Crippen LogP contribution in [0.3, 0.4) is 0 Å². The molecule has 2 N–H and O–H groups in total. The Morgan fingerprint density at radius 1 is 1.06 bits per heavy atom. The molecule has 0 unspecified atom stereocenters. The fourth-order valence-corrected chi connectivity index (χ4v) is 1.40. The van der Waals surface area contributed by atoms with E-state index in [1.165, 1.54) is 6.07 Å². The second-order valence-corrected chi connectivity index (χ2v) is 3.51. The third-order valence-electron chi connectivity index (χ3n) is 2.26. The van der Waals surface area contributed by atoms with Crippen LogP contribution in [0.5, 0.6) is 0 Å². The zero-order valence-electron chi connectivity index (χ0n) is 8.91. The molecule has 0 radical (unpaired) electrons. The second-order valence-electron chi connectivity index (χ2n) is 3.51. The standard InChI is InChI=1S/C12H11F2NO2/c13-11-4-1-8(5-12(11)14)15-6-9-2-3-10(7-16)17-9/h1-5,15-16H,6-7H2. The molecule has 0 aliphatic heterocycles. The predicted octanol–water partition coefficient (Wildman–Crippen LogP) is 2.66. The van der Waals surface area contributed by atoms with E-state index in [0.717, 1.165) is 12.1 Å². The van der Waals surface area contributed by atoms with Gasteiger partial charge < -0.3 is 14.8 Å². The monoisotopic (exact) mass is 239 g/mol. The number of anilines is 1. The van der Waals surface area contributed by atoms with Crippen LogP contribution in [-0.4, -0.2) is 5.11 Å². The zero-order chi connectivity index (χ0) is 12.3. The lowest BCUT2D eigenvalue weighted by Gasteiger charge is -2.04. The van der Waals surface area contributed by atoms with E-state index in [-0.39, 0.29) is 6.61 Å². The highest BCUT2D eigenvalue weighted by Gasteiger charge is 2.04. The molecule has 3 nitrogen and oxygen atoms in total. The first-order valence-electron chi connectivity index (χ1n) is 5.06. The van der Waals surface area contributed by atoms with Crippen molar-refractivity contribution >= 4 is 5.69 Å². The molecule has 2 aromatic rings. The molecule has 90 valence electrons. The molecule has 1 aromatic carbocycles. The van der Waals surface area contributed by atoms with Crippen LogP contribution in [0.4, 0.5) is 14.5 Å². The first kappa shape index (κ1) is 11.6. The minimum absolute atomic E-state index is 0.162. The van der Waals surface area contributed by atoms with E-state index < -0.39 is 11.6 Å². The van der Waals surface area contributed by atoms with Gasteiger partial charge in [-0.2, -0.15) is 0 Å². The molecule has 0 saturated heterocycles. The number of benzene rings is 1. The summed E-state index contributed by atoms with van der Waals surface area (Å²) >= 11 is 0. The minimum Gasteiger partial charge on any atom is -0.462 e. The average Bonchev–Trinajstić information content (AvgIpc) is 2.79. The highest BCUT2D eigenvalue weighted by molar-refractivity contribution is 5.43. The van der Waals surface area contributed by atoms with E-state index in [9.17, 15) is 8.78 Å². The van der Waals surface area contributed by atoms with Crippen molar-refractivity contribution in [2.75, 3.05) is 5.32 Å². The maximum Gasteiger partial charge on any atom is 0.160 e. The van der Waals surface area contributed by atoms with Gasteiger partial charge in [-0.15, -0.1) is 0 Å². The Morgan fingerprint density at radius 2 is 1.82 bits per heavy atom. The van der Waals surface area contributed by atoms with Crippen molar-refractivity contribution in [1.29, 1.82) is 0 Å². The summed E-state index contributed by atoms with van der Waals surface area (Å²) in [6.07, 6.45) is 0. The molecule has 0 bridgehead atoms. The van der Waals surface area contributed by atoms with Crippen LogP contribution in [0, 0.1) is 11.6 Å². The van der Waals surface area contributed by atoms with Crippen molar-refractivity contribution in [3.8, 4) is 0 Å². The third kappa shape index (κ3) is 2.82. The van der Waals surface area contributed by atoms with Crippen molar-refractivity contribution in [3.05, 3.63) is 53.5 Å². The summed E-state index contributed by atoms with van der Waals surface area (Å²) in [5.74, 6) is -0.701. The fourth-order valence-electron chi connectivity index (χ4n) is 1.40. The summed E-state index contributed by atoms with van der Waals surface area (Å²) < 4.78 is 30.8. The SMILES string of the molecule is OCc1ccc(CNc2ccc(F)c(F)c2)o1. The van der Waals surface area contributed by atoms with Gasteiger partial charge in [0.15, 0.2) is 11.6 Å². The van der Waals surface area contributed by atoms with Gasteiger partial charge in [0.2, 0.25) is 0 Å². The van der Waals surface area contributed by atoms with Gasteiger partial charge in [-0.25, -0.2) is 8.78 Å². The van der Waals surface area contributed by atoms with Gasteiger partial charge in [0.25, 0.3) is 0 Å². The van der Waals surface area contributed by atoms with Crippen LogP contribution < -0.4 is 5.32 Å². The molecule has 2 rings (SSSR count). The summed E-state index contributed by atoms with van der Waals surface area (Å²) in [7, 11) is 0. The molecule has 0 aliphatic carbocycles. The van der Waals surface area contributed by atoms with Crippen LogP contribution in [0.15, 0.2) is 34.7 Å². The molecular formula is C12H11F2NO2. The Labute approximate surface area is 96.7 Å². The molecule has 1 aromatic heterocycles. The van der Waals surface area contributed by atoms with E-state index in [1.54, 1.807) is 12.1 Å². The zero-order valence-corrected chi connectivity index (χ0v) is 8.91. The van der Waals surface area contributed by atoms with Gasteiger partial charge in [0, 0.05) is 11.8 Å². The molecule has 17 heavy (non-hydrogen) atoms. The number of aliphatic hydroxyl groups is 1. The predicted molar refractivity (Wildman–Crippen MR) is 58.3 cm³/mol. The number of hydrogen-bond acceptors (Lipinski definition) is 3. The topological polar surface area (TPSA) is 45.4 Å². The Balaban J connectivity index is 1.99.